The van der Waals surface area contributed by atoms with Crippen LogP contribution in [0.1, 0.15) is 56.0 Å². The fraction of sp³-hybridized carbons (Fsp3) is 0.455. The molecule has 9 atom stereocenters. The third kappa shape index (κ3) is 3.03. The molecule has 1 saturated carbocycles. The van der Waals surface area contributed by atoms with Gasteiger partial charge in [0.2, 0.25) is 0 Å². The number of fused-ring (bicyclic) bond motifs is 4. The van der Waals surface area contributed by atoms with E-state index < -0.39 is 52.2 Å². The molecule has 2 aliphatic heterocycles. The zero-order valence-electron chi connectivity index (χ0n) is 23.6. The number of methoxy groups -OCH3 is 1. The van der Waals surface area contributed by atoms with Crippen LogP contribution < -0.4 is 0 Å². The number of carbonyl (C=O) groups excluding carboxylic acids is 4. The van der Waals surface area contributed by atoms with Crippen molar-refractivity contribution in [3.63, 3.8) is 0 Å². The van der Waals surface area contributed by atoms with E-state index in [0.717, 1.165) is 28.6 Å². The molecule has 41 heavy (non-hydrogen) atoms. The van der Waals surface area contributed by atoms with Crippen molar-refractivity contribution in [3.05, 3.63) is 71.0 Å². The minimum atomic E-state index is -1.23. The number of rotatable bonds is 4. The van der Waals surface area contributed by atoms with Crippen LogP contribution in [0.5, 0.6) is 0 Å². The maximum atomic E-state index is 13.8. The number of allylic oxidation sites excluding steroid dienone is 2. The van der Waals surface area contributed by atoms with Crippen molar-refractivity contribution in [2.24, 2.45) is 28.1 Å². The average molecular weight is 557 g/mol. The summed E-state index contributed by atoms with van der Waals surface area (Å²) in [6, 6.07) is 9.19. The molecule has 2 saturated heterocycles. The van der Waals surface area contributed by atoms with E-state index in [1.807, 2.05) is 25.1 Å². The number of aldehydes is 1. The van der Waals surface area contributed by atoms with Crippen molar-refractivity contribution in [1.82, 2.24) is 0 Å². The van der Waals surface area contributed by atoms with Crippen molar-refractivity contribution in [3.8, 4) is 11.3 Å². The van der Waals surface area contributed by atoms with Gasteiger partial charge in [0.15, 0.2) is 5.78 Å². The molecule has 212 valence electrons. The van der Waals surface area contributed by atoms with Gasteiger partial charge in [0.1, 0.15) is 24.3 Å². The van der Waals surface area contributed by atoms with Crippen molar-refractivity contribution in [1.29, 1.82) is 0 Å². The fourth-order valence-electron chi connectivity index (χ4n) is 9.25. The van der Waals surface area contributed by atoms with E-state index in [1.54, 1.807) is 38.3 Å². The summed E-state index contributed by atoms with van der Waals surface area (Å²) in [6.45, 7) is 7.62. The van der Waals surface area contributed by atoms with Gasteiger partial charge in [-0.3, -0.25) is 19.2 Å². The van der Waals surface area contributed by atoms with Crippen LogP contribution in [0.3, 0.4) is 0 Å². The van der Waals surface area contributed by atoms with Crippen LogP contribution in [0, 0.1) is 28.1 Å². The Hall–Kier alpha value is -3.78. The predicted octanol–water partition coefficient (Wildman–Crippen LogP) is 4.83. The molecule has 5 aliphatic rings. The molecule has 3 heterocycles. The van der Waals surface area contributed by atoms with Crippen molar-refractivity contribution in [2.75, 3.05) is 7.11 Å². The van der Waals surface area contributed by atoms with Gasteiger partial charge in [-0.1, -0.05) is 49.8 Å². The van der Waals surface area contributed by atoms with Crippen molar-refractivity contribution < 1.29 is 37.8 Å². The number of esters is 2. The largest absolute Gasteiger partial charge is 0.469 e. The molecule has 1 unspecified atom stereocenters. The van der Waals surface area contributed by atoms with Gasteiger partial charge in [-0.2, -0.15) is 0 Å². The van der Waals surface area contributed by atoms with Crippen LogP contribution >= 0.6 is 0 Å². The third-order valence-electron chi connectivity index (χ3n) is 10.9. The lowest BCUT2D eigenvalue weighted by molar-refractivity contribution is -0.199. The van der Waals surface area contributed by atoms with Crippen LogP contribution in [0.2, 0.25) is 0 Å². The first-order chi connectivity index (χ1) is 19.5. The number of benzene rings is 1. The highest BCUT2D eigenvalue weighted by Gasteiger charge is 2.79. The standard InChI is InChI=1S/C33H32O8/c1-16-20(19-11-13-39-24(19)18-8-6-17(15-34)7-9-18)14-21-23(16)33(4)27(29(36)38-5)32(3)22(35)10-12-31(2)26(32)25(28(33)40-21)41-30(31)37/h6-13,15,20-21,25-28H,14H2,1-5H3/t20-,21-,25-,26+,27?,28-,31-,32+,33+/m1/s1. The monoisotopic (exact) mass is 556 g/mol. The minimum absolute atomic E-state index is 0.0607. The highest BCUT2D eigenvalue weighted by molar-refractivity contribution is 6.03. The summed E-state index contributed by atoms with van der Waals surface area (Å²) >= 11 is 0. The van der Waals surface area contributed by atoms with E-state index in [2.05, 4.69) is 6.92 Å². The molecule has 8 nitrogen and oxygen atoms in total. The maximum Gasteiger partial charge on any atom is 0.316 e. The van der Waals surface area contributed by atoms with Crippen LogP contribution in [0.4, 0.5) is 0 Å². The molecule has 0 radical (unpaired) electrons. The summed E-state index contributed by atoms with van der Waals surface area (Å²) in [4.78, 5) is 52.0. The Morgan fingerprint density at radius 3 is 2.49 bits per heavy atom. The fourth-order valence-corrected chi connectivity index (χ4v) is 9.25. The molecule has 0 N–H and O–H groups in total. The Morgan fingerprint density at radius 2 is 1.80 bits per heavy atom. The van der Waals surface area contributed by atoms with Gasteiger partial charge in [-0.25, -0.2) is 0 Å². The zero-order valence-corrected chi connectivity index (χ0v) is 23.6. The molecule has 8 heteroatoms. The van der Waals surface area contributed by atoms with E-state index in [9.17, 15) is 19.2 Å². The second kappa shape index (κ2) is 8.38. The number of furan rings is 1. The van der Waals surface area contributed by atoms with Crippen molar-refractivity contribution >= 4 is 24.0 Å². The van der Waals surface area contributed by atoms with Gasteiger partial charge >= 0.3 is 11.9 Å². The Kier molecular flexibility index (Phi) is 5.34. The Morgan fingerprint density at radius 1 is 1.07 bits per heavy atom. The lowest BCUT2D eigenvalue weighted by atomic mass is 9.42. The summed E-state index contributed by atoms with van der Waals surface area (Å²) in [5.41, 5.74) is 1.21. The second-order valence-corrected chi connectivity index (χ2v) is 12.7. The topological polar surface area (TPSA) is 109 Å². The minimum Gasteiger partial charge on any atom is -0.469 e. The zero-order chi connectivity index (χ0) is 29.1. The smallest absolute Gasteiger partial charge is 0.316 e. The number of ether oxygens (including phenoxy) is 3. The van der Waals surface area contributed by atoms with Gasteiger partial charge in [-0.15, -0.1) is 0 Å². The normalized spacial score (nSPS) is 40.2. The van der Waals surface area contributed by atoms with E-state index >= 15 is 0 Å². The maximum absolute atomic E-state index is 13.8. The Labute approximate surface area is 237 Å². The number of hydrogen-bond donors (Lipinski definition) is 0. The predicted molar refractivity (Wildman–Crippen MR) is 146 cm³/mol. The molecule has 0 bridgehead atoms. The number of ketones is 1. The molecule has 1 aromatic heterocycles. The van der Waals surface area contributed by atoms with Crippen LogP contribution in [0.15, 0.2) is 64.3 Å². The van der Waals surface area contributed by atoms with Gasteiger partial charge in [0.05, 0.1) is 36.2 Å². The lowest BCUT2D eigenvalue weighted by Crippen LogP contribution is -2.67. The summed E-state index contributed by atoms with van der Waals surface area (Å²) < 4.78 is 24.2. The van der Waals surface area contributed by atoms with Gasteiger partial charge in [-0.05, 0) is 38.0 Å². The van der Waals surface area contributed by atoms with E-state index in [1.165, 1.54) is 13.2 Å². The molecule has 3 aliphatic carbocycles. The van der Waals surface area contributed by atoms with Gasteiger partial charge in [0, 0.05) is 33.9 Å². The average Bonchev–Trinajstić information content (AvgIpc) is 3.69. The molecule has 3 fully saturated rings. The molecular formula is C33H32O8. The highest BCUT2D eigenvalue weighted by Crippen LogP contribution is 2.71. The molecule has 1 aromatic carbocycles. The SMILES string of the molecule is COC(=O)C1[C@]2(C)C3=C(C)[C@H](c4ccoc4-c4ccc(C=O)cc4)C[C@H]3O[C@@H]2[C@@H]2OC(=O)[C@]3(C)C=CC(=O)[C@@]1(C)[C@@H]23. The third-order valence-corrected chi connectivity index (χ3v) is 10.9. The van der Waals surface area contributed by atoms with E-state index in [0.29, 0.717) is 17.7 Å². The van der Waals surface area contributed by atoms with Crippen LogP contribution in [0.25, 0.3) is 11.3 Å². The quantitative estimate of drug-likeness (QED) is 0.299. The summed E-state index contributed by atoms with van der Waals surface area (Å²) in [6.07, 6.45) is 4.54. The first-order valence-electron chi connectivity index (χ1n) is 14.0. The second-order valence-electron chi connectivity index (χ2n) is 12.7. The highest BCUT2D eigenvalue weighted by atomic mass is 16.6. The van der Waals surface area contributed by atoms with Crippen LogP contribution in [-0.4, -0.2) is 49.4 Å². The van der Waals surface area contributed by atoms with Gasteiger partial charge in [0.25, 0.3) is 0 Å². The first kappa shape index (κ1) is 26.1. The number of hydrogen-bond acceptors (Lipinski definition) is 8. The summed E-state index contributed by atoms with van der Waals surface area (Å²) in [5.74, 6) is -1.89. The Balaban J connectivity index is 1.38. The molecular weight excluding hydrogens is 524 g/mol. The van der Waals surface area contributed by atoms with E-state index in [-0.39, 0.29) is 17.8 Å². The summed E-state index contributed by atoms with van der Waals surface area (Å²) in [5, 5.41) is 0. The molecule has 0 spiro atoms. The molecule has 2 aromatic rings. The Bertz CT molecular complexity index is 1580. The first-order valence-corrected chi connectivity index (χ1v) is 14.0. The molecule has 0 amide bonds. The lowest BCUT2D eigenvalue weighted by Gasteiger charge is -2.57. The van der Waals surface area contributed by atoms with Crippen molar-refractivity contribution in [2.45, 2.75) is 58.3 Å². The summed E-state index contributed by atoms with van der Waals surface area (Å²) in [7, 11) is 1.34. The number of carbonyl (C=O) groups is 4. The van der Waals surface area contributed by atoms with Gasteiger partial charge < -0.3 is 18.6 Å². The van der Waals surface area contributed by atoms with E-state index in [4.69, 9.17) is 18.6 Å². The van der Waals surface area contributed by atoms with Crippen LogP contribution in [-0.2, 0) is 28.6 Å². The molecule has 7 rings (SSSR count).